The lowest BCUT2D eigenvalue weighted by atomic mass is 9.87. The number of carbonyl (C=O) groups excluding carboxylic acids is 1. The lowest BCUT2D eigenvalue weighted by Crippen LogP contribution is -2.46. The molecule has 0 aliphatic heterocycles. The fourth-order valence-electron chi connectivity index (χ4n) is 2.39. The number of isothiocyanates is 1. The summed E-state index contributed by atoms with van der Waals surface area (Å²) in [5, 5.41) is 5.27. The molecule has 2 aromatic rings. The smallest absolute Gasteiger partial charge is 0.273 e. The molecule has 120 valence electrons. The predicted octanol–water partition coefficient (Wildman–Crippen LogP) is 2.96. The number of hydrogen-bond acceptors (Lipinski definition) is 6. The normalized spacial score (nSPS) is 19.3. The van der Waals surface area contributed by atoms with Crippen LogP contribution in [0.3, 0.4) is 0 Å². The van der Waals surface area contributed by atoms with Gasteiger partial charge in [0.15, 0.2) is 5.69 Å². The second kappa shape index (κ2) is 6.73. The summed E-state index contributed by atoms with van der Waals surface area (Å²) < 4.78 is 10.5. The molecule has 1 amide bonds. The predicted molar refractivity (Wildman–Crippen MR) is 89.9 cm³/mol. The average molecular weight is 331 g/mol. The van der Waals surface area contributed by atoms with E-state index in [0.29, 0.717) is 5.89 Å². The van der Waals surface area contributed by atoms with Crippen LogP contribution in [0.1, 0.15) is 24.8 Å². The maximum absolute atomic E-state index is 12.1. The molecule has 0 bridgehead atoms. The summed E-state index contributed by atoms with van der Waals surface area (Å²) >= 11 is 4.56. The topological polar surface area (TPSA) is 76.7 Å². The van der Waals surface area contributed by atoms with Gasteiger partial charge in [0.2, 0.25) is 5.89 Å². The van der Waals surface area contributed by atoms with E-state index in [-0.39, 0.29) is 25.1 Å². The van der Waals surface area contributed by atoms with Crippen LogP contribution < -0.4 is 10.1 Å². The number of aliphatic imine (C=N–C) groups is 1. The van der Waals surface area contributed by atoms with Gasteiger partial charge in [-0.15, -0.1) is 0 Å². The van der Waals surface area contributed by atoms with E-state index in [0.717, 1.165) is 24.2 Å². The highest BCUT2D eigenvalue weighted by Crippen LogP contribution is 2.24. The maximum atomic E-state index is 12.1. The van der Waals surface area contributed by atoms with Crippen LogP contribution in [-0.2, 0) is 0 Å². The molecule has 1 aromatic heterocycles. The zero-order valence-electron chi connectivity index (χ0n) is 12.5. The highest BCUT2D eigenvalue weighted by atomic mass is 32.1. The third-order valence-electron chi connectivity index (χ3n) is 3.76. The van der Waals surface area contributed by atoms with E-state index >= 15 is 0 Å². The molecule has 1 heterocycles. The van der Waals surface area contributed by atoms with Gasteiger partial charge in [-0.2, -0.15) is 0 Å². The zero-order valence-corrected chi connectivity index (χ0v) is 13.3. The Morgan fingerprint density at radius 3 is 2.87 bits per heavy atom. The Morgan fingerprint density at radius 2 is 2.22 bits per heavy atom. The highest BCUT2D eigenvalue weighted by molar-refractivity contribution is 7.78. The number of nitrogens with one attached hydrogen (secondary N) is 1. The van der Waals surface area contributed by atoms with Gasteiger partial charge in [-0.25, -0.2) is 9.98 Å². The van der Waals surface area contributed by atoms with Gasteiger partial charge in [0.05, 0.1) is 18.3 Å². The Balaban J connectivity index is 0.00000208. The molecule has 1 fully saturated rings. The second-order valence-corrected chi connectivity index (χ2v) is 5.46. The monoisotopic (exact) mass is 331 g/mol. The van der Waals surface area contributed by atoms with Crippen LogP contribution in [0.15, 0.2) is 39.9 Å². The van der Waals surface area contributed by atoms with Gasteiger partial charge >= 0.3 is 0 Å². The Bertz CT molecular complexity index is 750. The quantitative estimate of drug-likeness (QED) is 0.673. The van der Waals surface area contributed by atoms with Crippen molar-refractivity contribution in [3.05, 3.63) is 36.2 Å². The number of hydrogen-bond donors (Lipinski definition) is 1. The Kier molecular flexibility index (Phi) is 4.50. The zero-order chi connectivity index (χ0) is 16.2. The van der Waals surface area contributed by atoms with Gasteiger partial charge in [0.25, 0.3) is 5.91 Å². The minimum Gasteiger partial charge on any atom is -0.497 e. The van der Waals surface area contributed by atoms with Gasteiger partial charge in [-0.1, -0.05) is 0 Å². The number of benzene rings is 1. The number of ether oxygens (including phenoxy) is 1. The summed E-state index contributed by atoms with van der Waals surface area (Å²) in [6.07, 6.45) is 2.91. The lowest BCUT2D eigenvalue weighted by Gasteiger charge is -2.31. The van der Waals surface area contributed by atoms with Gasteiger partial charge in [-0.05, 0) is 49.3 Å². The van der Waals surface area contributed by atoms with Gasteiger partial charge in [-0.3, -0.25) is 4.79 Å². The van der Waals surface area contributed by atoms with E-state index in [1.807, 2.05) is 24.3 Å². The molecule has 1 aliphatic carbocycles. The van der Waals surface area contributed by atoms with E-state index in [1.54, 1.807) is 7.11 Å². The van der Waals surface area contributed by atoms with E-state index in [1.165, 1.54) is 6.26 Å². The van der Waals surface area contributed by atoms with E-state index in [9.17, 15) is 4.79 Å². The SMILES string of the molecule is COc1ccc(-c2nc(C(=O)NC3CC(N=C=S)C3)co2)cc1.[HH]. The molecular formula is C16H17N3O3S. The summed E-state index contributed by atoms with van der Waals surface area (Å²) in [5.41, 5.74) is 1.04. The first-order valence-electron chi connectivity index (χ1n) is 7.17. The minimum atomic E-state index is -0.247. The largest absolute Gasteiger partial charge is 0.497 e. The van der Waals surface area contributed by atoms with Gasteiger partial charge < -0.3 is 14.5 Å². The third kappa shape index (κ3) is 3.47. The number of thiocarbonyl (C=S) groups is 1. The molecule has 0 spiro atoms. The summed E-state index contributed by atoms with van der Waals surface area (Å²) in [5.74, 6) is 0.898. The van der Waals surface area contributed by atoms with Gasteiger partial charge in [0.1, 0.15) is 12.0 Å². The molecule has 1 aromatic carbocycles. The van der Waals surface area contributed by atoms with Crippen LogP contribution in [0.25, 0.3) is 11.5 Å². The van der Waals surface area contributed by atoms with Crippen molar-refractivity contribution in [2.75, 3.05) is 7.11 Å². The molecule has 0 unspecified atom stereocenters. The number of carbonyl (C=O) groups is 1. The number of amides is 1. The molecule has 1 saturated carbocycles. The Labute approximate surface area is 140 Å². The molecule has 0 saturated heterocycles. The van der Waals surface area contributed by atoms with Crippen molar-refractivity contribution in [2.24, 2.45) is 4.99 Å². The second-order valence-electron chi connectivity index (χ2n) is 5.28. The third-order valence-corrected chi connectivity index (χ3v) is 3.86. The van der Waals surface area contributed by atoms with Crippen molar-refractivity contribution < 1.29 is 15.4 Å². The van der Waals surface area contributed by atoms with E-state index in [2.05, 4.69) is 32.7 Å². The standard InChI is InChI=1S/C16H15N3O3S.H2/c1-21-13-4-2-10(3-5-13)16-19-14(8-22-16)15(20)18-12-6-11(7-12)17-9-23;/h2-5,8,11-12H,6-7H2,1H3,(H,18,20);1H. The van der Waals surface area contributed by atoms with Crippen molar-refractivity contribution in [3.63, 3.8) is 0 Å². The summed E-state index contributed by atoms with van der Waals surface area (Å²) in [7, 11) is 1.60. The van der Waals surface area contributed by atoms with E-state index < -0.39 is 0 Å². The first kappa shape index (κ1) is 15.4. The highest BCUT2D eigenvalue weighted by Gasteiger charge is 2.30. The minimum absolute atomic E-state index is 0. The molecular weight excluding hydrogens is 314 g/mol. The number of nitrogens with zero attached hydrogens (tertiary/aromatic N) is 2. The van der Waals surface area contributed by atoms with Crippen molar-refractivity contribution in [1.29, 1.82) is 0 Å². The summed E-state index contributed by atoms with van der Waals surface area (Å²) in [6.45, 7) is 0. The van der Waals surface area contributed by atoms with Crippen LogP contribution in [0.5, 0.6) is 5.75 Å². The van der Waals surface area contributed by atoms with Gasteiger partial charge in [0, 0.05) is 13.0 Å². The number of rotatable bonds is 5. The van der Waals surface area contributed by atoms with Crippen LogP contribution >= 0.6 is 12.2 Å². The maximum Gasteiger partial charge on any atom is 0.273 e. The lowest BCUT2D eigenvalue weighted by molar-refractivity contribution is 0.0905. The number of oxazole rings is 1. The van der Waals surface area contributed by atoms with Crippen molar-refractivity contribution >= 4 is 23.3 Å². The number of aromatic nitrogens is 1. The Hall–Kier alpha value is -2.50. The summed E-state index contributed by atoms with van der Waals surface area (Å²) in [6, 6.07) is 7.54. The van der Waals surface area contributed by atoms with Crippen molar-refractivity contribution in [3.8, 4) is 17.2 Å². The Morgan fingerprint density at radius 1 is 1.48 bits per heavy atom. The molecule has 0 radical (unpaired) electrons. The summed E-state index contributed by atoms with van der Waals surface area (Å²) in [4.78, 5) is 20.4. The molecule has 1 aliphatic rings. The fraction of sp³-hybridized carbons (Fsp3) is 0.312. The van der Waals surface area contributed by atoms with Crippen molar-refractivity contribution in [1.82, 2.24) is 10.3 Å². The van der Waals surface area contributed by atoms with E-state index in [4.69, 9.17) is 9.15 Å². The molecule has 23 heavy (non-hydrogen) atoms. The fourth-order valence-corrected chi connectivity index (χ4v) is 2.54. The average Bonchev–Trinajstić information content (AvgIpc) is 3.03. The number of methoxy groups -OCH3 is 1. The molecule has 7 heteroatoms. The van der Waals surface area contributed by atoms with Crippen LogP contribution in [-0.4, -0.2) is 35.2 Å². The molecule has 6 nitrogen and oxygen atoms in total. The molecule has 3 rings (SSSR count). The van der Waals surface area contributed by atoms with Crippen LogP contribution in [0.2, 0.25) is 0 Å². The van der Waals surface area contributed by atoms with Crippen LogP contribution in [0, 0.1) is 0 Å². The molecule has 0 atom stereocenters. The van der Waals surface area contributed by atoms with Crippen LogP contribution in [0.4, 0.5) is 0 Å². The van der Waals surface area contributed by atoms with Crippen molar-refractivity contribution in [2.45, 2.75) is 24.9 Å². The first-order valence-corrected chi connectivity index (χ1v) is 7.58. The first-order chi connectivity index (χ1) is 11.2. The molecule has 1 N–H and O–H groups in total.